The first-order valence-electron chi connectivity index (χ1n) is 9.40. The third kappa shape index (κ3) is 2.86. The van der Waals surface area contributed by atoms with Gasteiger partial charge in [-0.25, -0.2) is 21.9 Å². The maximum absolute atomic E-state index is 13.6. The number of urea groups is 1. The summed E-state index contributed by atoms with van der Waals surface area (Å²) in [6, 6.07) is 7.46. The molecule has 1 N–H and O–H groups in total. The summed E-state index contributed by atoms with van der Waals surface area (Å²) in [7, 11) is -4.35. The topological polar surface area (TPSA) is 99.7 Å². The van der Waals surface area contributed by atoms with E-state index in [0.717, 1.165) is 29.8 Å². The molecular weight excluding hydrogens is 411 g/mol. The van der Waals surface area contributed by atoms with E-state index >= 15 is 0 Å². The minimum Gasteiger partial charge on any atom is -0.333 e. The smallest absolute Gasteiger partial charge is 0.333 e. The first-order valence-corrected chi connectivity index (χ1v) is 10.8. The Morgan fingerprint density at radius 3 is 2.83 bits per heavy atom. The minimum absolute atomic E-state index is 0.00861. The van der Waals surface area contributed by atoms with Crippen molar-refractivity contribution in [2.45, 2.75) is 17.4 Å². The number of halogens is 1. The molecule has 10 heteroatoms. The van der Waals surface area contributed by atoms with Crippen LogP contribution in [0.1, 0.15) is 12.1 Å². The van der Waals surface area contributed by atoms with E-state index in [1.807, 2.05) is 12.1 Å². The van der Waals surface area contributed by atoms with Crippen molar-refractivity contribution >= 4 is 33.2 Å². The number of anilines is 1. The van der Waals surface area contributed by atoms with Gasteiger partial charge < -0.3 is 10.2 Å². The second-order valence-corrected chi connectivity index (χ2v) is 9.31. The molecule has 154 valence electrons. The molecule has 1 aliphatic carbocycles. The molecule has 2 aliphatic heterocycles. The molecule has 0 radical (unpaired) electrons. The van der Waals surface area contributed by atoms with Gasteiger partial charge in [-0.05, 0) is 48.2 Å². The van der Waals surface area contributed by atoms with Crippen molar-refractivity contribution in [1.29, 1.82) is 0 Å². The van der Waals surface area contributed by atoms with Crippen molar-refractivity contribution in [3.63, 3.8) is 0 Å². The number of benzene rings is 1. The molecule has 8 nitrogen and oxygen atoms in total. The summed E-state index contributed by atoms with van der Waals surface area (Å²) in [6.45, 7) is -0.191. The number of hydrogen-bond acceptors (Lipinski definition) is 5. The SMILES string of the molecule is O=C(CN1C(=O)Nc2ccc(F)cc2S1(=O)=O)N1C[C@H]2C=C(c3ccccn3)[C@@H]1C2. The van der Waals surface area contributed by atoms with Gasteiger partial charge in [0, 0.05) is 12.7 Å². The molecule has 2 aromatic rings. The van der Waals surface area contributed by atoms with Gasteiger partial charge in [-0.1, -0.05) is 12.1 Å². The molecular formula is C20H17FN4O4S. The van der Waals surface area contributed by atoms with Crippen LogP contribution >= 0.6 is 0 Å². The van der Waals surface area contributed by atoms with Gasteiger partial charge in [-0.15, -0.1) is 0 Å². The fourth-order valence-electron chi connectivity index (χ4n) is 4.30. The number of carbonyl (C=O) groups is 2. The quantitative estimate of drug-likeness (QED) is 0.807. The number of nitrogens with one attached hydrogen (secondary N) is 1. The molecule has 3 amide bonds. The van der Waals surface area contributed by atoms with E-state index in [-0.39, 0.29) is 22.5 Å². The molecule has 2 atom stereocenters. The van der Waals surface area contributed by atoms with Gasteiger partial charge in [0.05, 0.1) is 17.4 Å². The normalized spacial score (nSPS) is 23.8. The average molecular weight is 428 g/mol. The second-order valence-electron chi connectivity index (χ2n) is 7.48. The Morgan fingerprint density at radius 1 is 1.27 bits per heavy atom. The number of sulfonamides is 1. The van der Waals surface area contributed by atoms with Crippen LogP contribution in [-0.2, 0) is 14.8 Å². The molecule has 0 saturated carbocycles. The lowest BCUT2D eigenvalue weighted by Crippen LogP contribution is -2.50. The predicted octanol–water partition coefficient (Wildman–Crippen LogP) is 2.07. The van der Waals surface area contributed by atoms with Gasteiger partial charge in [-0.2, -0.15) is 0 Å². The number of hydrogen-bond donors (Lipinski definition) is 1. The number of amides is 3. The number of likely N-dealkylation sites (tertiary alicyclic amines) is 1. The van der Waals surface area contributed by atoms with E-state index in [0.29, 0.717) is 10.8 Å². The highest BCUT2D eigenvalue weighted by atomic mass is 32.2. The summed E-state index contributed by atoms with van der Waals surface area (Å²) in [5.41, 5.74) is 1.69. The summed E-state index contributed by atoms with van der Waals surface area (Å²) >= 11 is 0. The highest BCUT2D eigenvalue weighted by Crippen LogP contribution is 2.41. The lowest BCUT2D eigenvalue weighted by Gasteiger charge is -2.32. The van der Waals surface area contributed by atoms with Gasteiger partial charge in [-0.3, -0.25) is 9.78 Å². The number of aromatic nitrogens is 1. The number of pyridine rings is 1. The van der Waals surface area contributed by atoms with Crippen LogP contribution in [0.3, 0.4) is 0 Å². The Kier molecular flexibility index (Phi) is 4.14. The molecule has 1 fully saturated rings. The van der Waals surface area contributed by atoms with Gasteiger partial charge in [0.2, 0.25) is 5.91 Å². The number of nitrogens with zero attached hydrogens (tertiary/aromatic N) is 3. The third-order valence-electron chi connectivity index (χ3n) is 5.65. The monoisotopic (exact) mass is 428 g/mol. The molecule has 1 aromatic heterocycles. The van der Waals surface area contributed by atoms with Crippen LogP contribution in [0.4, 0.5) is 14.9 Å². The summed E-state index contributed by atoms with van der Waals surface area (Å²) in [5, 5.41) is 2.41. The molecule has 1 saturated heterocycles. The standard InChI is InChI=1S/C20H17FN4O4S/c21-13-4-5-16-18(9-13)30(28,29)25(20(27)23-16)11-19(26)24-10-12-7-14(17(24)8-12)15-3-1-2-6-22-15/h1-7,9,12,17H,8,10-11H2,(H,23,27)/t12-,17-/m0/s1. The first-order chi connectivity index (χ1) is 14.3. The zero-order valence-corrected chi connectivity index (χ0v) is 16.5. The van der Waals surface area contributed by atoms with E-state index in [2.05, 4.69) is 16.4 Å². The van der Waals surface area contributed by atoms with Crippen molar-refractivity contribution in [3.05, 3.63) is 60.2 Å². The molecule has 0 unspecified atom stereocenters. The summed E-state index contributed by atoms with van der Waals surface area (Å²) < 4.78 is 39.8. The van der Waals surface area contributed by atoms with Crippen LogP contribution in [0.15, 0.2) is 53.6 Å². The average Bonchev–Trinajstić information content (AvgIpc) is 3.34. The Balaban J connectivity index is 1.40. The molecule has 1 aromatic carbocycles. The number of rotatable bonds is 3. The molecule has 0 spiro atoms. The fourth-order valence-corrected chi connectivity index (χ4v) is 5.74. The molecule has 3 aliphatic rings. The van der Waals surface area contributed by atoms with Crippen LogP contribution < -0.4 is 5.32 Å². The highest BCUT2D eigenvalue weighted by Gasteiger charge is 2.45. The van der Waals surface area contributed by atoms with Crippen LogP contribution in [0.2, 0.25) is 0 Å². The minimum atomic E-state index is -4.35. The Morgan fingerprint density at radius 2 is 2.10 bits per heavy atom. The zero-order valence-electron chi connectivity index (χ0n) is 15.7. The fraction of sp³-hybridized carbons (Fsp3) is 0.250. The second kappa shape index (κ2) is 6.63. The molecule has 3 heterocycles. The molecule has 2 bridgehead atoms. The van der Waals surface area contributed by atoms with Crippen LogP contribution in [0.25, 0.3) is 5.57 Å². The highest BCUT2D eigenvalue weighted by molar-refractivity contribution is 7.90. The summed E-state index contributed by atoms with van der Waals surface area (Å²) in [4.78, 5) is 31.0. The lowest BCUT2D eigenvalue weighted by molar-refractivity contribution is -0.131. The Labute approximate surface area is 172 Å². The zero-order chi connectivity index (χ0) is 21.0. The van der Waals surface area contributed by atoms with Crippen molar-refractivity contribution < 1.29 is 22.4 Å². The van der Waals surface area contributed by atoms with E-state index < -0.39 is 34.3 Å². The van der Waals surface area contributed by atoms with Crippen LogP contribution in [0.5, 0.6) is 0 Å². The lowest BCUT2D eigenvalue weighted by atomic mass is 10.1. The Bertz CT molecular complexity index is 1200. The van der Waals surface area contributed by atoms with E-state index in [4.69, 9.17) is 0 Å². The van der Waals surface area contributed by atoms with Crippen LogP contribution in [-0.4, -0.2) is 53.7 Å². The first kappa shape index (κ1) is 18.7. The third-order valence-corrected chi connectivity index (χ3v) is 7.42. The maximum atomic E-state index is 13.6. The van der Waals surface area contributed by atoms with Crippen molar-refractivity contribution in [1.82, 2.24) is 14.2 Å². The summed E-state index contributed by atoms with van der Waals surface area (Å²) in [5.74, 6) is -1.07. The maximum Gasteiger partial charge on any atom is 0.336 e. The van der Waals surface area contributed by atoms with Gasteiger partial charge in [0.15, 0.2) is 0 Å². The van der Waals surface area contributed by atoms with Crippen LogP contribution in [0, 0.1) is 11.7 Å². The largest absolute Gasteiger partial charge is 0.336 e. The van der Waals surface area contributed by atoms with E-state index in [1.54, 1.807) is 17.2 Å². The number of fused-ring (bicyclic) bond motifs is 3. The van der Waals surface area contributed by atoms with Gasteiger partial charge in [0.25, 0.3) is 10.0 Å². The van der Waals surface area contributed by atoms with E-state index in [9.17, 15) is 22.4 Å². The Hall–Kier alpha value is -3.27. The number of carbonyl (C=O) groups excluding carboxylic acids is 2. The summed E-state index contributed by atoms with van der Waals surface area (Å²) in [6.07, 6.45) is 4.51. The van der Waals surface area contributed by atoms with Crippen molar-refractivity contribution in [2.24, 2.45) is 5.92 Å². The van der Waals surface area contributed by atoms with Gasteiger partial charge >= 0.3 is 6.03 Å². The van der Waals surface area contributed by atoms with Crippen molar-refractivity contribution in [2.75, 3.05) is 18.4 Å². The molecule has 30 heavy (non-hydrogen) atoms. The predicted molar refractivity (Wildman–Crippen MR) is 105 cm³/mol. The van der Waals surface area contributed by atoms with Crippen molar-refractivity contribution in [3.8, 4) is 0 Å². The van der Waals surface area contributed by atoms with E-state index in [1.165, 1.54) is 6.07 Å². The molecule has 5 rings (SSSR count). The van der Waals surface area contributed by atoms with Gasteiger partial charge in [0.1, 0.15) is 17.3 Å².